The van der Waals surface area contributed by atoms with E-state index < -0.39 is 0 Å². The van der Waals surface area contributed by atoms with Gasteiger partial charge in [0.25, 0.3) is 0 Å². The van der Waals surface area contributed by atoms with Gasteiger partial charge < -0.3 is 5.11 Å². The maximum atomic E-state index is 13.3. The molecule has 1 unspecified atom stereocenters. The van der Waals surface area contributed by atoms with Crippen molar-refractivity contribution in [3.63, 3.8) is 0 Å². The van der Waals surface area contributed by atoms with Crippen molar-refractivity contribution in [2.45, 2.75) is 79.1 Å². The maximum absolute atomic E-state index is 13.3. The minimum Gasteiger partial charge on any atom is -0.396 e. The van der Waals surface area contributed by atoms with Crippen LogP contribution in [0.1, 0.15) is 79.1 Å². The maximum Gasteiger partial charge on any atom is 0.178 e. The van der Waals surface area contributed by atoms with Crippen molar-refractivity contribution in [2.75, 3.05) is 6.61 Å². The van der Waals surface area contributed by atoms with Crippen molar-refractivity contribution >= 4 is 11.6 Å². The Bertz CT molecular complexity index is 764. The number of allylic oxidation sites excluding steroid dienone is 4. The number of ketones is 2. The predicted molar refractivity (Wildman–Crippen MR) is 120 cm³/mol. The van der Waals surface area contributed by atoms with E-state index in [9.17, 15) is 14.7 Å². The van der Waals surface area contributed by atoms with Crippen LogP contribution in [-0.4, -0.2) is 23.3 Å². The van der Waals surface area contributed by atoms with Gasteiger partial charge in [0.15, 0.2) is 5.78 Å². The molecule has 3 fully saturated rings. The smallest absolute Gasteiger partial charge is 0.178 e. The van der Waals surface area contributed by atoms with E-state index in [2.05, 4.69) is 33.8 Å². The van der Waals surface area contributed by atoms with Gasteiger partial charge in [-0.2, -0.15) is 0 Å². The highest BCUT2D eigenvalue weighted by Crippen LogP contribution is 2.66. The van der Waals surface area contributed by atoms with Crippen molar-refractivity contribution in [1.29, 1.82) is 0 Å². The lowest BCUT2D eigenvalue weighted by Gasteiger charge is -2.57. The highest BCUT2D eigenvalue weighted by atomic mass is 16.3. The number of rotatable bonds is 6. The second kappa shape index (κ2) is 8.04. The average Bonchev–Trinajstić information content (AvgIpc) is 2.98. The molecule has 0 saturated heterocycles. The largest absolute Gasteiger partial charge is 0.396 e. The Morgan fingerprint density at radius 2 is 1.90 bits per heavy atom. The molecule has 0 radical (unpaired) electrons. The topological polar surface area (TPSA) is 54.4 Å². The van der Waals surface area contributed by atoms with Gasteiger partial charge >= 0.3 is 0 Å². The molecule has 4 rings (SSSR count). The van der Waals surface area contributed by atoms with Crippen molar-refractivity contribution in [1.82, 2.24) is 0 Å². The zero-order chi connectivity index (χ0) is 21.7. The summed E-state index contributed by atoms with van der Waals surface area (Å²) >= 11 is 0. The predicted octanol–water partition coefficient (Wildman–Crippen LogP) is 5.52. The Labute approximate surface area is 182 Å². The second-order valence-electron chi connectivity index (χ2n) is 11.5. The first kappa shape index (κ1) is 22.0. The van der Waals surface area contributed by atoms with Crippen LogP contribution < -0.4 is 0 Å². The molecule has 30 heavy (non-hydrogen) atoms. The van der Waals surface area contributed by atoms with E-state index in [0.29, 0.717) is 35.4 Å². The van der Waals surface area contributed by atoms with Crippen LogP contribution in [0, 0.1) is 46.3 Å². The Kier molecular flexibility index (Phi) is 5.89. The molecule has 3 saturated carbocycles. The van der Waals surface area contributed by atoms with E-state index in [4.69, 9.17) is 0 Å². The van der Waals surface area contributed by atoms with Gasteiger partial charge in [-0.3, -0.25) is 9.59 Å². The number of Topliss-reactive ketones (excluding diaryl/α,β-unsaturated/α-hetero) is 1. The van der Waals surface area contributed by atoms with Crippen LogP contribution in [0.25, 0.3) is 0 Å². The standard InChI is InChI=1S/C27H40O3/c1-17(16-28)6-5-7-18(2)25-24(30)15-23-21-9-8-19-14-20(29)10-12-26(19,3)22(21)11-13-27(23,25)4/h10,12,14,17-18,21-23,25,28H,5-9,11,13,15-16H2,1-4H3/t17?,18-,21-,22+,23+,25+,26+,27+/m1/s1. The fourth-order valence-electron chi connectivity index (χ4n) is 8.04. The molecule has 0 aromatic rings. The van der Waals surface area contributed by atoms with Crippen LogP contribution in [0.5, 0.6) is 0 Å². The first-order chi connectivity index (χ1) is 14.2. The first-order valence-electron chi connectivity index (χ1n) is 12.3. The lowest BCUT2D eigenvalue weighted by molar-refractivity contribution is -0.124. The molecular weight excluding hydrogens is 372 g/mol. The number of hydrogen-bond acceptors (Lipinski definition) is 3. The quantitative estimate of drug-likeness (QED) is 0.624. The van der Waals surface area contributed by atoms with Gasteiger partial charge in [-0.25, -0.2) is 0 Å². The SMILES string of the molecule is CC(CO)CCC[C@@H](C)[C@H]1C(=O)C[C@H]2[C@@H]3CCC4=CC(=O)C=C[C@]4(C)[C@H]3CC[C@]12C. The van der Waals surface area contributed by atoms with Crippen molar-refractivity contribution in [2.24, 2.45) is 46.3 Å². The van der Waals surface area contributed by atoms with Crippen LogP contribution in [0.4, 0.5) is 0 Å². The van der Waals surface area contributed by atoms with Gasteiger partial charge in [0.1, 0.15) is 5.78 Å². The third-order valence-electron chi connectivity index (χ3n) is 9.71. The normalized spacial score (nSPS) is 42.2. The van der Waals surface area contributed by atoms with Crippen LogP contribution in [0.2, 0.25) is 0 Å². The van der Waals surface area contributed by atoms with Crippen LogP contribution in [-0.2, 0) is 9.59 Å². The molecule has 0 spiro atoms. The molecule has 8 atom stereocenters. The molecule has 0 bridgehead atoms. The average molecular weight is 413 g/mol. The summed E-state index contributed by atoms with van der Waals surface area (Å²) in [5, 5.41) is 9.30. The van der Waals surface area contributed by atoms with E-state index in [1.165, 1.54) is 12.0 Å². The zero-order valence-corrected chi connectivity index (χ0v) is 19.3. The molecule has 4 aliphatic rings. The molecule has 0 aliphatic heterocycles. The van der Waals surface area contributed by atoms with Crippen molar-refractivity contribution < 1.29 is 14.7 Å². The second-order valence-corrected chi connectivity index (χ2v) is 11.5. The van der Waals surface area contributed by atoms with Gasteiger partial charge in [0, 0.05) is 24.4 Å². The number of carbonyl (C=O) groups excluding carboxylic acids is 2. The Hall–Kier alpha value is -1.22. The molecule has 1 N–H and O–H groups in total. The number of fused-ring (bicyclic) bond motifs is 5. The van der Waals surface area contributed by atoms with Gasteiger partial charge in [0.05, 0.1) is 0 Å². The van der Waals surface area contributed by atoms with E-state index >= 15 is 0 Å². The minimum atomic E-state index is 0.00530. The summed E-state index contributed by atoms with van der Waals surface area (Å²) < 4.78 is 0. The van der Waals surface area contributed by atoms with Gasteiger partial charge in [-0.15, -0.1) is 0 Å². The summed E-state index contributed by atoms with van der Waals surface area (Å²) in [5.41, 5.74) is 1.46. The third-order valence-corrected chi connectivity index (χ3v) is 9.71. The summed E-state index contributed by atoms with van der Waals surface area (Å²) in [6.07, 6.45) is 14.3. The Morgan fingerprint density at radius 1 is 1.13 bits per heavy atom. The molecule has 0 aromatic carbocycles. The van der Waals surface area contributed by atoms with E-state index in [1.807, 2.05) is 6.08 Å². The zero-order valence-electron chi connectivity index (χ0n) is 19.3. The Morgan fingerprint density at radius 3 is 2.63 bits per heavy atom. The molecule has 3 nitrogen and oxygen atoms in total. The summed E-state index contributed by atoms with van der Waals surface area (Å²) in [4.78, 5) is 25.3. The number of hydrogen-bond donors (Lipinski definition) is 1. The van der Waals surface area contributed by atoms with Crippen molar-refractivity contribution in [3.05, 3.63) is 23.8 Å². The highest BCUT2D eigenvalue weighted by molar-refractivity contribution is 6.01. The van der Waals surface area contributed by atoms with E-state index in [0.717, 1.165) is 44.9 Å². The Balaban J connectivity index is 1.52. The first-order valence-corrected chi connectivity index (χ1v) is 12.3. The fourth-order valence-corrected chi connectivity index (χ4v) is 8.04. The minimum absolute atomic E-state index is 0.00530. The molecule has 3 heteroatoms. The lowest BCUT2D eigenvalue weighted by atomic mass is 9.47. The van der Waals surface area contributed by atoms with E-state index in [1.54, 1.807) is 6.08 Å². The summed E-state index contributed by atoms with van der Waals surface area (Å²) in [7, 11) is 0. The summed E-state index contributed by atoms with van der Waals surface area (Å²) in [6, 6.07) is 0. The van der Waals surface area contributed by atoms with Crippen LogP contribution >= 0.6 is 0 Å². The summed E-state index contributed by atoms with van der Waals surface area (Å²) in [5.74, 6) is 3.28. The van der Waals surface area contributed by atoms with Crippen LogP contribution in [0.3, 0.4) is 0 Å². The van der Waals surface area contributed by atoms with Gasteiger partial charge in [-0.1, -0.05) is 45.8 Å². The molecular formula is C27H40O3. The van der Waals surface area contributed by atoms with Gasteiger partial charge in [0.2, 0.25) is 0 Å². The molecule has 0 aromatic heterocycles. The monoisotopic (exact) mass is 412 g/mol. The van der Waals surface area contributed by atoms with E-state index in [-0.39, 0.29) is 29.1 Å². The molecule has 166 valence electrons. The van der Waals surface area contributed by atoms with Gasteiger partial charge in [-0.05, 0) is 85.7 Å². The van der Waals surface area contributed by atoms with Crippen molar-refractivity contribution in [3.8, 4) is 0 Å². The summed E-state index contributed by atoms with van der Waals surface area (Å²) in [6.45, 7) is 9.41. The molecule has 0 heterocycles. The number of aliphatic hydroxyl groups excluding tert-OH is 1. The third kappa shape index (κ3) is 3.45. The molecule has 0 amide bonds. The number of carbonyl (C=O) groups is 2. The lowest BCUT2D eigenvalue weighted by Crippen LogP contribution is -2.50. The fraction of sp³-hybridized carbons (Fsp3) is 0.778. The molecule has 4 aliphatic carbocycles. The number of aliphatic hydroxyl groups is 1. The highest BCUT2D eigenvalue weighted by Gasteiger charge is 2.61. The van der Waals surface area contributed by atoms with Crippen LogP contribution in [0.15, 0.2) is 23.8 Å².